The molecule has 130 valence electrons. The molecule has 4 heteroatoms. The van der Waals surface area contributed by atoms with Crippen LogP contribution in [0.3, 0.4) is 0 Å². The van der Waals surface area contributed by atoms with E-state index in [1.807, 2.05) is 30.5 Å². The Kier molecular flexibility index (Phi) is 4.30. The van der Waals surface area contributed by atoms with Gasteiger partial charge in [-0.25, -0.2) is 0 Å². The molecular weight excluding hydrogens is 312 g/mol. The van der Waals surface area contributed by atoms with Gasteiger partial charge in [-0.1, -0.05) is 36.4 Å². The molecule has 0 radical (unpaired) electrons. The molecule has 4 nitrogen and oxygen atoms in total. The third-order valence-electron chi connectivity index (χ3n) is 5.47. The SMILES string of the molecule is C[C@@H]1CO[C@H](c2ccccc2)[C@H](C)N1C(=O)[C@H]1C[C@H]1c1cccnc1. The van der Waals surface area contributed by atoms with Crippen LogP contribution in [0.15, 0.2) is 54.9 Å². The molecule has 1 aliphatic carbocycles. The topological polar surface area (TPSA) is 42.4 Å². The zero-order chi connectivity index (χ0) is 17.4. The smallest absolute Gasteiger partial charge is 0.226 e. The summed E-state index contributed by atoms with van der Waals surface area (Å²) in [6, 6.07) is 14.4. The average Bonchev–Trinajstić information content (AvgIpc) is 3.44. The van der Waals surface area contributed by atoms with E-state index in [9.17, 15) is 4.79 Å². The van der Waals surface area contributed by atoms with Crippen molar-refractivity contribution < 1.29 is 9.53 Å². The Morgan fingerprint density at radius 2 is 1.88 bits per heavy atom. The summed E-state index contributed by atoms with van der Waals surface area (Å²) < 4.78 is 6.08. The molecule has 2 aliphatic rings. The number of pyridine rings is 1. The molecule has 0 unspecified atom stereocenters. The number of rotatable bonds is 3. The molecule has 2 fully saturated rings. The fourth-order valence-corrected chi connectivity index (χ4v) is 4.07. The molecule has 4 rings (SSSR count). The average molecular weight is 336 g/mol. The Labute approximate surface area is 148 Å². The minimum Gasteiger partial charge on any atom is -0.369 e. The Morgan fingerprint density at radius 3 is 2.60 bits per heavy atom. The Morgan fingerprint density at radius 1 is 1.12 bits per heavy atom. The lowest BCUT2D eigenvalue weighted by atomic mass is 9.97. The predicted octanol–water partition coefficient (Wildman–Crippen LogP) is 3.56. The summed E-state index contributed by atoms with van der Waals surface area (Å²) in [5.74, 6) is 0.667. The van der Waals surface area contributed by atoms with Crippen LogP contribution in [0.25, 0.3) is 0 Å². The second kappa shape index (κ2) is 6.60. The molecular formula is C21H24N2O2. The fourth-order valence-electron chi connectivity index (χ4n) is 4.07. The van der Waals surface area contributed by atoms with Gasteiger partial charge in [-0.2, -0.15) is 0 Å². The highest BCUT2D eigenvalue weighted by Crippen LogP contribution is 2.49. The third-order valence-corrected chi connectivity index (χ3v) is 5.47. The van der Waals surface area contributed by atoms with Crippen LogP contribution in [0.5, 0.6) is 0 Å². The van der Waals surface area contributed by atoms with Crippen molar-refractivity contribution in [3.8, 4) is 0 Å². The zero-order valence-corrected chi connectivity index (χ0v) is 14.7. The summed E-state index contributed by atoms with van der Waals surface area (Å²) in [5.41, 5.74) is 2.31. The molecule has 1 amide bonds. The first kappa shape index (κ1) is 16.3. The van der Waals surface area contributed by atoms with E-state index >= 15 is 0 Å². The number of hydrogen-bond acceptors (Lipinski definition) is 3. The van der Waals surface area contributed by atoms with Crippen LogP contribution in [-0.4, -0.2) is 34.5 Å². The van der Waals surface area contributed by atoms with Gasteiger partial charge in [-0.15, -0.1) is 0 Å². The van der Waals surface area contributed by atoms with Gasteiger partial charge in [0.1, 0.15) is 6.10 Å². The van der Waals surface area contributed by atoms with Crippen molar-refractivity contribution in [3.05, 3.63) is 66.0 Å². The zero-order valence-electron chi connectivity index (χ0n) is 14.7. The quantitative estimate of drug-likeness (QED) is 0.861. The van der Waals surface area contributed by atoms with Gasteiger partial charge in [-0.3, -0.25) is 9.78 Å². The maximum atomic E-state index is 13.2. The van der Waals surface area contributed by atoms with Crippen molar-refractivity contribution in [3.63, 3.8) is 0 Å². The van der Waals surface area contributed by atoms with Gasteiger partial charge in [0.15, 0.2) is 0 Å². The lowest BCUT2D eigenvalue weighted by molar-refractivity contribution is -0.154. The second-order valence-corrected chi connectivity index (χ2v) is 7.23. The number of hydrogen-bond donors (Lipinski definition) is 0. The molecule has 2 aromatic rings. The summed E-state index contributed by atoms with van der Waals surface area (Å²) >= 11 is 0. The van der Waals surface area contributed by atoms with Gasteiger partial charge in [-0.05, 0) is 43.4 Å². The number of carbonyl (C=O) groups excluding carboxylic acids is 1. The third kappa shape index (κ3) is 3.07. The number of amides is 1. The van der Waals surface area contributed by atoms with Gasteiger partial charge in [0.25, 0.3) is 0 Å². The summed E-state index contributed by atoms with van der Waals surface area (Å²) in [6.07, 6.45) is 4.53. The standard InChI is InChI=1S/C21H24N2O2/c1-14-13-25-20(16-7-4-3-5-8-16)15(2)23(14)21(24)19-11-18(19)17-9-6-10-22-12-17/h3-10,12,14-15,18-20H,11,13H2,1-2H3/t14-,15+,18+,19+,20+/m1/s1. The molecule has 1 saturated carbocycles. The first-order chi connectivity index (χ1) is 12.2. The minimum absolute atomic E-state index is 0.0359. The highest BCUT2D eigenvalue weighted by Gasteiger charge is 2.49. The fraction of sp³-hybridized carbons (Fsp3) is 0.429. The molecule has 0 bridgehead atoms. The molecule has 1 saturated heterocycles. The van der Waals surface area contributed by atoms with Gasteiger partial charge in [0.2, 0.25) is 5.91 Å². The maximum Gasteiger partial charge on any atom is 0.226 e. The van der Waals surface area contributed by atoms with Crippen molar-refractivity contribution >= 4 is 5.91 Å². The summed E-state index contributed by atoms with van der Waals surface area (Å²) in [7, 11) is 0. The molecule has 1 aromatic heterocycles. The first-order valence-corrected chi connectivity index (χ1v) is 9.05. The Hall–Kier alpha value is -2.20. The molecule has 1 aromatic carbocycles. The largest absolute Gasteiger partial charge is 0.369 e. The van der Waals surface area contributed by atoms with Crippen LogP contribution < -0.4 is 0 Å². The Balaban J connectivity index is 1.51. The Bertz CT molecular complexity index is 734. The van der Waals surface area contributed by atoms with E-state index in [0.717, 1.165) is 12.0 Å². The molecule has 25 heavy (non-hydrogen) atoms. The summed E-state index contributed by atoms with van der Waals surface area (Å²) in [5, 5.41) is 0. The lowest BCUT2D eigenvalue weighted by Gasteiger charge is -2.44. The van der Waals surface area contributed by atoms with Crippen LogP contribution in [0.1, 0.15) is 43.4 Å². The van der Waals surface area contributed by atoms with Gasteiger partial charge < -0.3 is 9.64 Å². The predicted molar refractivity (Wildman–Crippen MR) is 96.0 cm³/mol. The van der Waals surface area contributed by atoms with E-state index in [0.29, 0.717) is 12.5 Å². The molecule has 0 spiro atoms. The summed E-state index contributed by atoms with van der Waals surface area (Å²) in [6.45, 7) is 4.77. The van der Waals surface area contributed by atoms with Crippen molar-refractivity contribution in [1.82, 2.24) is 9.88 Å². The molecule has 2 heterocycles. The van der Waals surface area contributed by atoms with E-state index < -0.39 is 0 Å². The van der Waals surface area contributed by atoms with Crippen molar-refractivity contribution in [2.24, 2.45) is 5.92 Å². The maximum absolute atomic E-state index is 13.2. The van der Waals surface area contributed by atoms with E-state index in [1.54, 1.807) is 6.20 Å². The lowest BCUT2D eigenvalue weighted by Crippen LogP contribution is -2.54. The van der Waals surface area contributed by atoms with Crippen molar-refractivity contribution in [1.29, 1.82) is 0 Å². The number of nitrogens with zero attached hydrogens (tertiary/aromatic N) is 2. The van der Waals surface area contributed by atoms with E-state index in [-0.39, 0.29) is 30.0 Å². The van der Waals surface area contributed by atoms with Crippen LogP contribution in [0.2, 0.25) is 0 Å². The van der Waals surface area contributed by atoms with E-state index in [1.165, 1.54) is 5.56 Å². The van der Waals surface area contributed by atoms with Crippen molar-refractivity contribution in [2.45, 2.75) is 44.4 Å². The first-order valence-electron chi connectivity index (χ1n) is 9.05. The second-order valence-electron chi connectivity index (χ2n) is 7.23. The van der Waals surface area contributed by atoms with Crippen molar-refractivity contribution in [2.75, 3.05) is 6.61 Å². The van der Waals surface area contributed by atoms with Crippen LogP contribution in [0, 0.1) is 5.92 Å². The highest BCUT2D eigenvalue weighted by molar-refractivity contribution is 5.83. The number of ether oxygens (including phenoxy) is 1. The van der Waals surface area contributed by atoms with Gasteiger partial charge >= 0.3 is 0 Å². The van der Waals surface area contributed by atoms with E-state index in [4.69, 9.17) is 4.74 Å². The molecule has 1 aliphatic heterocycles. The number of benzene rings is 1. The van der Waals surface area contributed by atoms with Crippen LogP contribution >= 0.6 is 0 Å². The van der Waals surface area contributed by atoms with Gasteiger partial charge in [0, 0.05) is 18.3 Å². The molecule has 5 atom stereocenters. The van der Waals surface area contributed by atoms with Gasteiger partial charge in [0.05, 0.1) is 18.7 Å². The van der Waals surface area contributed by atoms with Crippen LogP contribution in [-0.2, 0) is 9.53 Å². The highest BCUT2D eigenvalue weighted by atomic mass is 16.5. The number of aromatic nitrogens is 1. The van der Waals surface area contributed by atoms with Crippen LogP contribution in [0.4, 0.5) is 0 Å². The molecule has 0 N–H and O–H groups in total. The minimum atomic E-state index is -0.0584. The van der Waals surface area contributed by atoms with E-state index in [2.05, 4.69) is 41.9 Å². The monoisotopic (exact) mass is 336 g/mol. The normalized spacial score (nSPS) is 31.6. The number of morpholine rings is 1. The number of carbonyl (C=O) groups is 1. The summed E-state index contributed by atoms with van der Waals surface area (Å²) in [4.78, 5) is 19.4.